The molecular formula is C15H10Cl2N2O4S. The van der Waals surface area contributed by atoms with Crippen LogP contribution in [0.4, 0.5) is 10.5 Å². The Balaban J connectivity index is 1.79. The van der Waals surface area contributed by atoms with E-state index in [0.717, 1.165) is 0 Å². The van der Waals surface area contributed by atoms with Crippen molar-refractivity contribution in [3.8, 4) is 11.1 Å². The van der Waals surface area contributed by atoms with Gasteiger partial charge in [0.25, 0.3) is 10.0 Å². The van der Waals surface area contributed by atoms with Crippen molar-refractivity contribution >= 4 is 44.9 Å². The van der Waals surface area contributed by atoms with Crippen LogP contribution in [0.3, 0.4) is 0 Å². The first-order valence-corrected chi connectivity index (χ1v) is 8.84. The van der Waals surface area contributed by atoms with Crippen LogP contribution in [0.25, 0.3) is 11.1 Å². The molecule has 0 atom stereocenters. The van der Waals surface area contributed by atoms with Crippen LogP contribution < -0.4 is 10.0 Å². The number of sulfonamides is 1. The Morgan fingerprint density at radius 1 is 1.04 bits per heavy atom. The summed E-state index contributed by atoms with van der Waals surface area (Å²) in [6.07, 6.45) is 2.78. The Kier molecular flexibility index (Phi) is 4.40. The average molecular weight is 385 g/mol. The summed E-state index contributed by atoms with van der Waals surface area (Å²) in [6.45, 7) is 0. The summed E-state index contributed by atoms with van der Waals surface area (Å²) in [5, 5.41) is 2.95. The van der Waals surface area contributed by atoms with Crippen LogP contribution in [0.1, 0.15) is 0 Å². The number of fused-ring (bicyclic) bond motifs is 1. The third-order valence-corrected chi connectivity index (χ3v) is 5.32. The SMILES string of the molecule is O=C(Nc1ccc(Cl)c(Cl)c1)NS(=O)(=O)c1ccc2coccc1-2. The number of halogens is 2. The highest BCUT2D eigenvalue weighted by molar-refractivity contribution is 7.90. The van der Waals surface area contributed by atoms with Crippen molar-refractivity contribution in [2.75, 3.05) is 5.32 Å². The molecule has 0 saturated heterocycles. The minimum Gasteiger partial charge on any atom is -0.472 e. The van der Waals surface area contributed by atoms with E-state index in [1.807, 2.05) is 4.72 Å². The topological polar surface area (TPSA) is 88.4 Å². The number of nitrogens with one attached hydrogen (secondary N) is 2. The summed E-state index contributed by atoms with van der Waals surface area (Å²) < 4.78 is 31.7. The second kappa shape index (κ2) is 6.35. The van der Waals surface area contributed by atoms with E-state index in [0.29, 0.717) is 21.8 Å². The van der Waals surface area contributed by atoms with Gasteiger partial charge in [-0.1, -0.05) is 23.2 Å². The Morgan fingerprint density at radius 2 is 1.83 bits per heavy atom. The Morgan fingerprint density at radius 3 is 2.58 bits per heavy atom. The Labute approximate surface area is 147 Å². The molecule has 124 valence electrons. The van der Waals surface area contributed by atoms with Gasteiger partial charge in [0.1, 0.15) is 0 Å². The zero-order chi connectivity index (χ0) is 17.3. The van der Waals surface area contributed by atoms with Gasteiger partial charge < -0.3 is 9.73 Å². The Bertz CT molecular complexity index is 985. The molecule has 0 bridgehead atoms. The molecule has 0 unspecified atom stereocenters. The second-order valence-electron chi connectivity index (χ2n) is 4.81. The number of carbonyl (C=O) groups excluding carboxylic acids is 1. The van der Waals surface area contributed by atoms with E-state index in [1.165, 1.54) is 42.9 Å². The number of carbonyl (C=O) groups is 1. The maximum atomic E-state index is 12.4. The Hall–Kier alpha value is -2.22. The van der Waals surface area contributed by atoms with Gasteiger partial charge in [-0.2, -0.15) is 0 Å². The summed E-state index contributed by atoms with van der Waals surface area (Å²) in [6, 6.07) is 7.99. The molecule has 1 aromatic rings. The predicted molar refractivity (Wildman–Crippen MR) is 91.1 cm³/mol. The molecule has 0 fully saturated rings. The number of hydrogen-bond acceptors (Lipinski definition) is 4. The normalized spacial score (nSPS) is 11.4. The first-order chi connectivity index (χ1) is 11.4. The third-order valence-electron chi connectivity index (χ3n) is 3.19. The van der Waals surface area contributed by atoms with E-state index in [-0.39, 0.29) is 9.92 Å². The number of anilines is 1. The van der Waals surface area contributed by atoms with Crippen LogP contribution in [-0.4, -0.2) is 14.4 Å². The molecular weight excluding hydrogens is 375 g/mol. The molecule has 1 aromatic carbocycles. The number of rotatable bonds is 3. The van der Waals surface area contributed by atoms with Crippen LogP contribution in [0, 0.1) is 0 Å². The lowest BCUT2D eigenvalue weighted by Gasteiger charge is -2.10. The molecule has 1 heterocycles. The van der Waals surface area contributed by atoms with Gasteiger partial charge in [-0.05, 0) is 36.4 Å². The molecule has 24 heavy (non-hydrogen) atoms. The molecule has 3 rings (SSSR count). The van der Waals surface area contributed by atoms with E-state index in [2.05, 4.69) is 5.32 Å². The van der Waals surface area contributed by atoms with E-state index >= 15 is 0 Å². The quantitative estimate of drug-likeness (QED) is 0.707. The van der Waals surface area contributed by atoms with Crippen molar-refractivity contribution in [1.82, 2.24) is 4.72 Å². The van der Waals surface area contributed by atoms with E-state index in [9.17, 15) is 13.2 Å². The van der Waals surface area contributed by atoms with E-state index < -0.39 is 16.1 Å². The van der Waals surface area contributed by atoms with Crippen molar-refractivity contribution in [2.24, 2.45) is 0 Å². The van der Waals surface area contributed by atoms with Gasteiger partial charge in [-0.3, -0.25) is 0 Å². The largest absolute Gasteiger partial charge is 0.472 e. The second-order valence-corrected chi connectivity index (χ2v) is 7.28. The molecule has 0 radical (unpaired) electrons. The molecule has 2 amide bonds. The van der Waals surface area contributed by atoms with Gasteiger partial charge >= 0.3 is 6.03 Å². The van der Waals surface area contributed by atoms with Crippen LogP contribution >= 0.6 is 23.2 Å². The van der Waals surface area contributed by atoms with Crippen molar-refractivity contribution < 1.29 is 17.6 Å². The van der Waals surface area contributed by atoms with Crippen LogP contribution in [-0.2, 0) is 10.0 Å². The summed E-state index contributed by atoms with van der Waals surface area (Å²) in [5.41, 5.74) is 1.38. The fraction of sp³-hybridized carbons (Fsp3) is 0. The molecule has 0 spiro atoms. The van der Waals surface area contributed by atoms with Crippen LogP contribution in [0.5, 0.6) is 0 Å². The lowest BCUT2D eigenvalue weighted by molar-refractivity contribution is 0.256. The fourth-order valence-electron chi connectivity index (χ4n) is 2.13. The molecule has 2 N–H and O–H groups in total. The molecule has 1 aliphatic heterocycles. The first-order valence-electron chi connectivity index (χ1n) is 6.60. The summed E-state index contributed by atoms with van der Waals surface area (Å²) in [7, 11) is -4.04. The van der Waals surface area contributed by atoms with Gasteiger partial charge in [0, 0.05) is 16.8 Å². The molecule has 2 aliphatic rings. The average Bonchev–Trinajstić information content (AvgIpc) is 2.95. The maximum absolute atomic E-state index is 12.4. The number of benzene rings is 1. The molecule has 0 saturated carbocycles. The molecule has 1 aliphatic carbocycles. The third kappa shape index (κ3) is 3.33. The number of urea groups is 1. The predicted octanol–water partition coefficient (Wildman–Crippen LogP) is 4.20. The summed E-state index contributed by atoms with van der Waals surface area (Å²) >= 11 is 11.6. The molecule has 0 aromatic heterocycles. The van der Waals surface area contributed by atoms with Crippen LogP contribution in [0.2, 0.25) is 10.0 Å². The zero-order valence-corrected chi connectivity index (χ0v) is 14.2. The van der Waals surface area contributed by atoms with E-state index in [4.69, 9.17) is 27.6 Å². The first kappa shape index (κ1) is 16.6. The highest BCUT2D eigenvalue weighted by Gasteiger charge is 2.24. The highest BCUT2D eigenvalue weighted by Crippen LogP contribution is 2.31. The lowest BCUT2D eigenvalue weighted by Crippen LogP contribution is -2.34. The fourth-order valence-corrected chi connectivity index (χ4v) is 3.56. The van der Waals surface area contributed by atoms with Gasteiger partial charge in [-0.25, -0.2) is 17.9 Å². The highest BCUT2D eigenvalue weighted by atomic mass is 35.5. The standard InChI is InChI=1S/C15H10Cl2N2O4S/c16-12-3-2-10(7-13(12)17)18-15(20)19-24(21,22)14-4-1-9-8-23-6-5-11(9)14/h1-8H,(H2,18,19,20). The van der Waals surface area contributed by atoms with Gasteiger partial charge in [0.15, 0.2) is 0 Å². The molecule has 9 heteroatoms. The monoisotopic (exact) mass is 384 g/mol. The maximum Gasteiger partial charge on any atom is 0.333 e. The van der Waals surface area contributed by atoms with Crippen molar-refractivity contribution in [2.45, 2.75) is 4.90 Å². The van der Waals surface area contributed by atoms with E-state index in [1.54, 1.807) is 6.07 Å². The number of amides is 2. The zero-order valence-electron chi connectivity index (χ0n) is 11.9. The summed E-state index contributed by atoms with van der Waals surface area (Å²) in [4.78, 5) is 11.9. The molecule has 6 nitrogen and oxygen atoms in total. The van der Waals surface area contributed by atoms with Crippen molar-refractivity contribution in [1.29, 1.82) is 0 Å². The lowest BCUT2D eigenvalue weighted by atomic mass is 10.2. The minimum atomic E-state index is -4.04. The van der Waals surface area contributed by atoms with Crippen molar-refractivity contribution in [3.05, 3.63) is 59.0 Å². The smallest absolute Gasteiger partial charge is 0.333 e. The summed E-state index contributed by atoms with van der Waals surface area (Å²) in [5.74, 6) is 0. The van der Waals surface area contributed by atoms with Gasteiger partial charge in [0.05, 0.1) is 27.5 Å². The van der Waals surface area contributed by atoms with Crippen molar-refractivity contribution in [3.63, 3.8) is 0 Å². The van der Waals surface area contributed by atoms with Gasteiger partial charge in [-0.15, -0.1) is 0 Å². The minimum absolute atomic E-state index is 0.0161. The van der Waals surface area contributed by atoms with Gasteiger partial charge in [0.2, 0.25) is 0 Å². The van der Waals surface area contributed by atoms with Crippen LogP contribution in [0.15, 0.2) is 58.2 Å². The number of hydrogen-bond donors (Lipinski definition) is 2.